The van der Waals surface area contributed by atoms with Crippen LogP contribution in [-0.4, -0.2) is 29.1 Å². The van der Waals surface area contributed by atoms with Crippen molar-refractivity contribution < 1.29 is 14.3 Å². The van der Waals surface area contributed by atoms with Crippen LogP contribution >= 0.6 is 0 Å². The molecule has 1 aromatic carbocycles. The van der Waals surface area contributed by atoms with Crippen molar-refractivity contribution in [3.63, 3.8) is 0 Å². The summed E-state index contributed by atoms with van der Waals surface area (Å²) in [6.07, 6.45) is 4.24. The van der Waals surface area contributed by atoms with Gasteiger partial charge in [0.1, 0.15) is 0 Å². The molecule has 1 aromatic heterocycles. The number of carbonyl (C=O) groups is 1. The van der Waals surface area contributed by atoms with Crippen LogP contribution in [0.1, 0.15) is 36.6 Å². The predicted octanol–water partition coefficient (Wildman–Crippen LogP) is 3.49. The second-order valence-corrected chi connectivity index (χ2v) is 7.73. The van der Waals surface area contributed by atoms with E-state index in [1.54, 1.807) is 0 Å². The highest BCUT2D eigenvalue weighted by atomic mass is 16.7. The zero-order valence-electron chi connectivity index (χ0n) is 15.3. The van der Waals surface area contributed by atoms with Crippen LogP contribution in [0.4, 0.5) is 0 Å². The largest absolute Gasteiger partial charge is 0.454 e. The average Bonchev–Trinajstić information content (AvgIpc) is 3.06. The van der Waals surface area contributed by atoms with E-state index < -0.39 is 0 Å². The van der Waals surface area contributed by atoms with E-state index in [-0.39, 0.29) is 11.3 Å². The zero-order valence-corrected chi connectivity index (χ0v) is 15.3. The van der Waals surface area contributed by atoms with Crippen molar-refractivity contribution in [2.45, 2.75) is 39.7 Å². The molecule has 5 heteroatoms. The summed E-state index contributed by atoms with van der Waals surface area (Å²) in [6, 6.07) is 10.2. The topological polar surface area (TPSA) is 51.7 Å². The number of pyridine rings is 1. The molecule has 1 saturated heterocycles. The minimum atomic E-state index is 0.0592. The Kier molecular flexibility index (Phi) is 4.31. The molecule has 0 unspecified atom stereocenters. The van der Waals surface area contributed by atoms with Crippen molar-refractivity contribution in [2.75, 3.05) is 13.3 Å². The second kappa shape index (κ2) is 6.63. The lowest BCUT2D eigenvalue weighted by molar-refractivity contribution is -0.137. The van der Waals surface area contributed by atoms with E-state index in [0.717, 1.165) is 42.1 Å². The number of likely N-dealkylation sites (tertiary alicyclic amines) is 1. The molecule has 0 radical (unpaired) electrons. The molecule has 4 rings (SSSR count). The minimum absolute atomic E-state index is 0.0592. The van der Waals surface area contributed by atoms with Gasteiger partial charge in [0.2, 0.25) is 12.7 Å². The number of hydrogen-bond acceptors (Lipinski definition) is 4. The first-order chi connectivity index (χ1) is 12.5. The third kappa shape index (κ3) is 3.52. The predicted molar refractivity (Wildman–Crippen MR) is 98.0 cm³/mol. The molecule has 2 aromatic rings. The van der Waals surface area contributed by atoms with Gasteiger partial charge < -0.3 is 14.4 Å². The normalized spacial score (nSPS) is 21.9. The van der Waals surface area contributed by atoms with Crippen molar-refractivity contribution in [3.8, 4) is 11.5 Å². The van der Waals surface area contributed by atoms with Crippen molar-refractivity contribution in [1.82, 2.24) is 9.88 Å². The number of rotatable bonds is 4. The lowest BCUT2D eigenvalue weighted by atomic mass is 9.76. The lowest BCUT2D eigenvalue weighted by Crippen LogP contribution is -2.45. The quantitative estimate of drug-likeness (QED) is 0.845. The first-order valence-corrected chi connectivity index (χ1v) is 9.09. The Labute approximate surface area is 153 Å². The summed E-state index contributed by atoms with van der Waals surface area (Å²) in [4.78, 5) is 18.7. The molecule has 2 aliphatic heterocycles. The van der Waals surface area contributed by atoms with Crippen LogP contribution < -0.4 is 9.47 Å². The number of carbonyl (C=O) groups excluding carboxylic acids is 1. The highest BCUT2D eigenvalue weighted by Crippen LogP contribution is 2.38. The molecule has 0 N–H and O–H groups in total. The fraction of sp³-hybridized carbons (Fsp3) is 0.429. The van der Waals surface area contributed by atoms with E-state index in [4.69, 9.17) is 9.47 Å². The Morgan fingerprint density at radius 1 is 1.15 bits per heavy atom. The Hall–Kier alpha value is -2.56. The lowest BCUT2D eigenvalue weighted by Gasteiger charge is -2.40. The second-order valence-electron chi connectivity index (χ2n) is 7.73. The first kappa shape index (κ1) is 16.9. The third-order valence-electron chi connectivity index (χ3n) is 5.27. The number of aromatic nitrogens is 1. The molecule has 1 fully saturated rings. The molecule has 136 valence electrons. The Balaban J connectivity index is 1.48. The van der Waals surface area contributed by atoms with E-state index >= 15 is 0 Å². The summed E-state index contributed by atoms with van der Waals surface area (Å²) >= 11 is 0. The monoisotopic (exact) mass is 352 g/mol. The van der Waals surface area contributed by atoms with E-state index in [9.17, 15) is 4.79 Å². The molecule has 1 amide bonds. The Bertz CT molecular complexity index is 836. The van der Waals surface area contributed by atoms with Crippen molar-refractivity contribution >= 4 is 5.91 Å². The third-order valence-corrected chi connectivity index (χ3v) is 5.27. The number of benzene rings is 1. The van der Waals surface area contributed by atoms with E-state index in [2.05, 4.69) is 30.1 Å². The SMILES string of the molecule is Cc1cc(CN2C[C@](C)(Cc3ccc4c(c3)OCO4)CCC2=O)ccn1. The number of amides is 1. The Morgan fingerprint density at radius 3 is 2.85 bits per heavy atom. The summed E-state index contributed by atoms with van der Waals surface area (Å²) in [5.41, 5.74) is 3.41. The molecule has 0 spiro atoms. The molecule has 3 heterocycles. The van der Waals surface area contributed by atoms with Gasteiger partial charge in [0, 0.05) is 31.4 Å². The van der Waals surface area contributed by atoms with Gasteiger partial charge in [-0.3, -0.25) is 9.78 Å². The molecule has 26 heavy (non-hydrogen) atoms. The van der Waals surface area contributed by atoms with E-state index in [1.165, 1.54) is 5.56 Å². The van der Waals surface area contributed by atoms with Gasteiger partial charge >= 0.3 is 0 Å². The summed E-state index contributed by atoms with van der Waals surface area (Å²) in [6.45, 7) is 5.96. The maximum Gasteiger partial charge on any atom is 0.231 e. The number of nitrogens with zero attached hydrogens (tertiary/aromatic N) is 2. The first-order valence-electron chi connectivity index (χ1n) is 9.09. The Morgan fingerprint density at radius 2 is 2.00 bits per heavy atom. The van der Waals surface area contributed by atoms with Gasteiger partial charge in [-0.15, -0.1) is 0 Å². The minimum Gasteiger partial charge on any atom is -0.454 e. The number of ether oxygens (including phenoxy) is 2. The zero-order chi connectivity index (χ0) is 18.1. The number of aryl methyl sites for hydroxylation is 1. The molecule has 5 nitrogen and oxygen atoms in total. The van der Waals surface area contributed by atoms with Crippen LogP contribution in [0.25, 0.3) is 0 Å². The summed E-state index contributed by atoms with van der Waals surface area (Å²) in [5.74, 6) is 1.87. The van der Waals surface area contributed by atoms with Crippen LogP contribution in [0.2, 0.25) is 0 Å². The molecular formula is C21H24N2O3. The van der Waals surface area contributed by atoms with E-state index in [1.807, 2.05) is 30.2 Å². The van der Waals surface area contributed by atoms with Crippen LogP contribution in [0, 0.1) is 12.3 Å². The van der Waals surface area contributed by atoms with Crippen LogP contribution in [0.15, 0.2) is 36.5 Å². The van der Waals surface area contributed by atoms with Crippen molar-refractivity contribution in [3.05, 3.63) is 53.3 Å². The summed E-state index contributed by atoms with van der Waals surface area (Å²) in [5, 5.41) is 0. The van der Waals surface area contributed by atoms with Gasteiger partial charge in [-0.2, -0.15) is 0 Å². The molecule has 0 bridgehead atoms. The summed E-state index contributed by atoms with van der Waals surface area (Å²) < 4.78 is 10.9. The molecular weight excluding hydrogens is 328 g/mol. The number of piperidine rings is 1. The standard InChI is InChI=1S/C21H24N2O3/c1-15-9-17(6-8-22-15)12-23-13-21(2,7-5-20(23)24)11-16-3-4-18-19(10-16)26-14-25-18/h3-4,6,8-10H,5,7,11-14H2,1-2H3/t21-/m0/s1. The van der Waals surface area contributed by atoms with Crippen LogP contribution in [-0.2, 0) is 17.8 Å². The highest BCUT2D eigenvalue weighted by molar-refractivity contribution is 5.77. The maximum atomic E-state index is 12.5. The molecule has 0 saturated carbocycles. The smallest absolute Gasteiger partial charge is 0.231 e. The van der Waals surface area contributed by atoms with Gasteiger partial charge in [-0.1, -0.05) is 13.0 Å². The van der Waals surface area contributed by atoms with Crippen molar-refractivity contribution in [2.24, 2.45) is 5.41 Å². The maximum absolute atomic E-state index is 12.5. The van der Waals surface area contributed by atoms with E-state index in [0.29, 0.717) is 19.8 Å². The number of fused-ring (bicyclic) bond motifs is 1. The van der Waals surface area contributed by atoms with Gasteiger partial charge in [-0.25, -0.2) is 0 Å². The van der Waals surface area contributed by atoms with Gasteiger partial charge in [-0.05, 0) is 60.6 Å². The van der Waals surface area contributed by atoms with Gasteiger partial charge in [0.15, 0.2) is 11.5 Å². The average molecular weight is 352 g/mol. The number of hydrogen-bond donors (Lipinski definition) is 0. The molecule has 0 aliphatic carbocycles. The van der Waals surface area contributed by atoms with Crippen LogP contribution in [0.3, 0.4) is 0 Å². The molecule has 1 atom stereocenters. The van der Waals surface area contributed by atoms with Gasteiger partial charge in [0.05, 0.1) is 0 Å². The van der Waals surface area contributed by atoms with Gasteiger partial charge in [0.25, 0.3) is 0 Å². The van der Waals surface area contributed by atoms with Crippen LogP contribution in [0.5, 0.6) is 11.5 Å². The highest BCUT2D eigenvalue weighted by Gasteiger charge is 2.35. The fourth-order valence-corrected chi connectivity index (χ4v) is 3.95. The molecule has 2 aliphatic rings. The fourth-order valence-electron chi connectivity index (χ4n) is 3.95. The van der Waals surface area contributed by atoms with Crippen molar-refractivity contribution in [1.29, 1.82) is 0 Å². The summed E-state index contributed by atoms with van der Waals surface area (Å²) in [7, 11) is 0.